The standard InChI is InChI=1S/C15H24N4S/c1-4-5-6-7-8-11(2)17-13-12-9-10-20-14(12)19-15(16-3)18-13/h9-11H,4-8H2,1-3H3,(H2,16,17,18,19). The second-order valence-electron chi connectivity index (χ2n) is 5.18. The summed E-state index contributed by atoms with van der Waals surface area (Å²) >= 11 is 1.65. The molecule has 0 saturated heterocycles. The summed E-state index contributed by atoms with van der Waals surface area (Å²) in [4.78, 5) is 10.0. The van der Waals surface area contributed by atoms with Crippen molar-refractivity contribution < 1.29 is 0 Å². The van der Waals surface area contributed by atoms with Crippen LogP contribution < -0.4 is 10.6 Å². The first-order chi connectivity index (χ1) is 9.74. The van der Waals surface area contributed by atoms with Gasteiger partial charge in [-0.2, -0.15) is 4.98 Å². The van der Waals surface area contributed by atoms with E-state index >= 15 is 0 Å². The monoisotopic (exact) mass is 292 g/mol. The summed E-state index contributed by atoms with van der Waals surface area (Å²) in [5.41, 5.74) is 0. The van der Waals surface area contributed by atoms with Gasteiger partial charge in [0.25, 0.3) is 0 Å². The van der Waals surface area contributed by atoms with Crippen molar-refractivity contribution >= 4 is 33.3 Å². The number of nitrogens with one attached hydrogen (secondary N) is 2. The van der Waals surface area contributed by atoms with Gasteiger partial charge in [0, 0.05) is 13.1 Å². The maximum Gasteiger partial charge on any atom is 0.225 e. The molecule has 2 rings (SSSR count). The minimum absolute atomic E-state index is 0.439. The lowest BCUT2D eigenvalue weighted by atomic mass is 10.1. The van der Waals surface area contributed by atoms with E-state index in [1.165, 1.54) is 32.1 Å². The van der Waals surface area contributed by atoms with Gasteiger partial charge in [-0.15, -0.1) is 11.3 Å². The van der Waals surface area contributed by atoms with Crippen LogP contribution >= 0.6 is 11.3 Å². The number of hydrogen-bond acceptors (Lipinski definition) is 5. The highest BCUT2D eigenvalue weighted by atomic mass is 32.1. The third-order valence-electron chi connectivity index (χ3n) is 3.42. The Labute approximate surface area is 125 Å². The molecule has 0 amide bonds. The number of aromatic nitrogens is 2. The van der Waals surface area contributed by atoms with Crippen LogP contribution in [0.2, 0.25) is 0 Å². The predicted octanol–water partition coefficient (Wildman–Crippen LogP) is 4.50. The third kappa shape index (κ3) is 3.82. The van der Waals surface area contributed by atoms with E-state index in [0.29, 0.717) is 12.0 Å². The summed E-state index contributed by atoms with van der Waals surface area (Å²) < 4.78 is 0. The molecule has 0 spiro atoms. The van der Waals surface area contributed by atoms with Gasteiger partial charge in [0.1, 0.15) is 10.6 Å². The molecule has 20 heavy (non-hydrogen) atoms. The number of nitrogens with zero attached hydrogens (tertiary/aromatic N) is 2. The lowest BCUT2D eigenvalue weighted by molar-refractivity contribution is 0.593. The van der Waals surface area contributed by atoms with Gasteiger partial charge in [-0.05, 0) is 24.8 Å². The average Bonchev–Trinajstić information content (AvgIpc) is 2.92. The molecule has 4 nitrogen and oxygen atoms in total. The van der Waals surface area contributed by atoms with Gasteiger partial charge >= 0.3 is 0 Å². The summed E-state index contributed by atoms with van der Waals surface area (Å²) in [7, 11) is 1.85. The summed E-state index contributed by atoms with van der Waals surface area (Å²) in [6.45, 7) is 4.47. The van der Waals surface area contributed by atoms with E-state index in [0.717, 1.165) is 16.0 Å². The molecular weight excluding hydrogens is 268 g/mol. The number of thiophene rings is 1. The van der Waals surface area contributed by atoms with E-state index in [1.54, 1.807) is 11.3 Å². The normalized spacial score (nSPS) is 12.6. The van der Waals surface area contributed by atoms with E-state index in [2.05, 4.69) is 45.9 Å². The van der Waals surface area contributed by atoms with E-state index < -0.39 is 0 Å². The molecule has 2 aromatic heterocycles. The van der Waals surface area contributed by atoms with Crippen LogP contribution in [0.1, 0.15) is 46.0 Å². The Balaban J connectivity index is 2.02. The Hall–Kier alpha value is -1.36. The highest BCUT2D eigenvalue weighted by Gasteiger charge is 2.10. The van der Waals surface area contributed by atoms with Gasteiger partial charge in [-0.1, -0.05) is 32.6 Å². The van der Waals surface area contributed by atoms with E-state index in [4.69, 9.17) is 0 Å². The third-order valence-corrected chi connectivity index (χ3v) is 4.23. The fraction of sp³-hybridized carbons (Fsp3) is 0.600. The predicted molar refractivity (Wildman–Crippen MR) is 88.8 cm³/mol. The van der Waals surface area contributed by atoms with Crippen molar-refractivity contribution in [2.75, 3.05) is 17.7 Å². The average molecular weight is 292 g/mol. The lowest BCUT2D eigenvalue weighted by Gasteiger charge is -2.15. The van der Waals surface area contributed by atoms with Crippen molar-refractivity contribution in [2.45, 2.75) is 52.0 Å². The van der Waals surface area contributed by atoms with Crippen LogP contribution in [0.25, 0.3) is 10.2 Å². The van der Waals surface area contributed by atoms with Crippen LogP contribution in [0.4, 0.5) is 11.8 Å². The topological polar surface area (TPSA) is 49.8 Å². The molecule has 0 radical (unpaired) electrons. The second kappa shape index (κ2) is 7.43. The largest absolute Gasteiger partial charge is 0.367 e. The number of fused-ring (bicyclic) bond motifs is 1. The molecule has 2 N–H and O–H groups in total. The van der Waals surface area contributed by atoms with Crippen molar-refractivity contribution in [3.8, 4) is 0 Å². The Kier molecular flexibility index (Phi) is 5.59. The molecule has 2 aromatic rings. The van der Waals surface area contributed by atoms with Crippen molar-refractivity contribution in [3.05, 3.63) is 11.4 Å². The van der Waals surface area contributed by atoms with Gasteiger partial charge in [0.05, 0.1) is 5.39 Å². The van der Waals surface area contributed by atoms with Crippen molar-refractivity contribution in [1.82, 2.24) is 9.97 Å². The molecule has 0 saturated carbocycles. The molecule has 1 unspecified atom stereocenters. The zero-order chi connectivity index (χ0) is 14.4. The minimum atomic E-state index is 0.439. The van der Waals surface area contributed by atoms with Crippen LogP contribution in [0.5, 0.6) is 0 Å². The summed E-state index contributed by atoms with van der Waals surface area (Å²) in [6.07, 6.45) is 6.40. The fourth-order valence-corrected chi connectivity index (χ4v) is 3.02. The fourth-order valence-electron chi connectivity index (χ4n) is 2.26. The van der Waals surface area contributed by atoms with Crippen LogP contribution in [-0.4, -0.2) is 23.1 Å². The summed E-state index contributed by atoms with van der Waals surface area (Å²) in [5, 5.41) is 9.75. The first kappa shape index (κ1) is 15.0. The first-order valence-electron chi connectivity index (χ1n) is 7.44. The van der Waals surface area contributed by atoms with Gasteiger partial charge in [-0.3, -0.25) is 0 Å². The van der Waals surface area contributed by atoms with Crippen molar-refractivity contribution in [1.29, 1.82) is 0 Å². The van der Waals surface area contributed by atoms with Gasteiger partial charge in [0.2, 0.25) is 5.95 Å². The van der Waals surface area contributed by atoms with E-state index in [-0.39, 0.29) is 0 Å². The van der Waals surface area contributed by atoms with Crippen LogP contribution in [0.3, 0.4) is 0 Å². The van der Waals surface area contributed by atoms with Crippen molar-refractivity contribution in [3.63, 3.8) is 0 Å². The smallest absolute Gasteiger partial charge is 0.225 e. The first-order valence-corrected chi connectivity index (χ1v) is 8.32. The van der Waals surface area contributed by atoms with Gasteiger partial charge < -0.3 is 10.6 Å². The maximum absolute atomic E-state index is 4.55. The molecule has 0 aliphatic heterocycles. The van der Waals surface area contributed by atoms with E-state index in [1.807, 2.05) is 7.05 Å². The molecule has 0 bridgehead atoms. The summed E-state index contributed by atoms with van der Waals surface area (Å²) in [6, 6.07) is 2.53. The van der Waals surface area contributed by atoms with Crippen LogP contribution in [0.15, 0.2) is 11.4 Å². The van der Waals surface area contributed by atoms with Gasteiger partial charge in [0.15, 0.2) is 0 Å². The molecule has 0 aromatic carbocycles. The zero-order valence-corrected chi connectivity index (χ0v) is 13.4. The number of rotatable bonds is 8. The Morgan fingerprint density at radius 2 is 2.10 bits per heavy atom. The lowest BCUT2D eigenvalue weighted by Crippen LogP contribution is -2.16. The zero-order valence-electron chi connectivity index (χ0n) is 12.6. The Morgan fingerprint density at radius 3 is 2.85 bits per heavy atom. The molecule has 5 heteroatoms. The number of anilines is 2. The Bertz CT molecular complexity index is 538. The highest BCUT2D eigenvalue weighted by Crippen LogP contribution is 2.27. The number of hydrogen-bond donors (Lipinski definition) is 2. The molecule has 1 atom stereocenters. The molecule has 2 heterocycles. The highest BCUT2D eigenvalue weighted by molar-refractivity contribution is 7.16. The second-order valence-corrected chi connectivity index (χ2v) is 6.07. The molecule has 110 valence electrons. The SMILES string of the molecule is CCCCCCC(C)Nc1nc(NC)nc2sccc12. The summed E-state index contributed by atoms with van der Waals surface area (Å²) in [5.74, 6) is 1.63. The quantitative estimate of drug-likeness (QED) is 0.703. The van der Waals surface area contributed by atoms with Gasteiger partial charge in [-0.25, -0.2) is 4.98 Å². The maximum atomic E-state index is 4.55. The minimum Gasteiger partial charge on any atom is -0.367 e. The molecular formula is C15H24N4S. The van der Waals surface area contributed by atoms with E-state index in [9.17, 15) is 0 Å². The van der Waals surface area contributed by atoms with Crippen molar-refractivity contribution in [2.24, 2.45) is 0 Å². The molecule has 0 fully saturated rings. The van der Waals surface area contributed by atoms with Crippen LogP contribution in [-0.2, 0) is 0 Å². The Morgan fingerprint density at radius 1 is 1.25 bits per heavy atom. The number of unbranched alkanes of at least 4 members (excludes halogenated alkanes) is 3. The molecule has 0 aliphatic carbocycles. The van der Waals surface area contributed by atoms with Crippen LogP contribution in [0, 0.1) is 0 Å². The molecule has 0 aliphatic rings.